The lowest BCUT2D eigenvalue weighted by atomic mass is 10.2. The van der Waals surface area contributed by atoms with Crippen LogP contribution in [0.2, 0.25) is 0 Å². The van der Waals surface area contributed by atoms with Crippen LogP contribution < -0.4 is 5.32 Å². The van der Waals surface area contributed by atoms with Gasteiger partial charge in [0.25, 0.3) is 0 Å². The molecule has 2 aromatic carbocycles. The number of anilines is 1. The minimum Gasteiger partial charge on any atom is -0.345 e. The van der Waals surface area contributed by atoms with Crippen molar-refractivity contribution >= 4 is 33.6 Å². The van der Waals surface area contributed by atoms with E-state index in [0.717, 1.165) is 40.8 Å². The second-order valence-electron chi connectivity index (χ2n) is 10.00. The number of hydrogen-bond acceptors (Lipinski definition) is 2. The van der Waals surface area contributed by atoms with E-state index in [1.54, 1.807) is 4.90 Å². The molecule has 0 saturated carbocycles. The summed E-state index contributed by atoms with van der Waals surface area (Å²) >= 11 is 3.49. The minimum absolute atomic E-state index is 0.0371. The van der Waals surface area contributed by atoms with Gasteiger partial charge in [0.15, 0.2) is 0 Å². The number of aryl methyl sites for hydroxylation is 1. The first-order chi connectivity index (χ1) is 17.7. The molecule has 0 aliphatic carbocycles. The van der Waals surface area contributed by atoms with Gasteiger partial charge in [0.05, 0.1) is 6.54 Å². The Bertz CT molecular complexity index is 1160. The van der Waals surface area contributed by atoms with Crippen LogP contribution in [0.4, 0.5) is 10.5 Å². The molecule has 1 heterocycles. The first-order valence-electron chi connectivity index (χ1n) is 13.0. The second kappa shape index (κ2) is 14.0. The molecule has 0 spiro atoms. The van der Waals surface area contributed by atoms with Crippen LogP contribution in [0, 0.1) is 12.8 Å². The topological polar surface area (TPSA) is 57.6 Å². The van der Waals surface area contributed by atoms with Gasteiger partial charge in [-0.05, 0) is 66.8 Å². The van der Waals surface area contributed by atoms with Crippen LogP contribution in [0.3, 0.4) is 0 Å². The SMILES string of the molecule is CCCCN(Cc1cccn1Cc1ccc(Br)cc1)C(=O)CN(CC(C)C)C(=O)Nc1cccc(C)c1. The van der Waals surface area contributed by atoms with Gasteiger partial charge >= 0.3 is 6.03 Å². The fourth-order valence-corrected chi connectivity index (χ4v) is 4.48. The van der Waals surface area contributed by atoms with Gasteiger partial charge in [-0.2, -0.15) is 0 Å². The van der Waals surface area contributed by atoms with E-state index in [-0.39, 0.29) is 24.4 Å². The summed E-state index contributed by atoms with van der Waals surface area (Å²) in [7, 11) is 0. The van der Waals surface area contributed by atoms with E-state index in [1.807, 2.05) is 54.3 Å². The van der Waals surface area contributed by atoms with Crippen molar-refractivity contribution in [2.75, 3.05) is 25.0 Å². The average Bonchev–Trinajstić information content (AvgIpc) is 3.28. The first kappa shape index (κ1) is 28.5. The summed E-state index contributed by atoms with van der Waals surface area (Å²) < 4.78 is 3.24. The van der Waals surface area contributed by atoms with Crippen molar-refractivity contribution in [3.63, 3.8) is 0 Å². The number of amides is 3. The minimum atomic E-state index is -0.248. The zero-order valence-electron chi connectivity index (χ0n) is 22.4. The van der Waals surface area contributed by atoms with Gasteiger partial charge in [-0.15, -0.1) is 0 Å². The van der Waals surface area contributed by atoms with Gasteiger partial charge < -0.3 is 19.7 Å². The van der Waals surface area contributed by atoms with Gasteiger partial charge in [-0.3, -0.25) is 4.79 Å². The number of halogens is 1. The van der Waals surface area contributed by atoms with E-state index >= 15 is 0 Å². The van der Waals surface area contributed by atoms with Crippen molar-refractivity contribution < 1.29 is 9.59 Å². The maximum atomic E-state index is 13.6. The highest BCUT2D eigenvalue weighted by Gasteiger charge is 2.23. The van der Waals surface area contributed by atoms with E-state index in [2.05, 4.69) is 71.0 Å². The van der Waals surface area contributed by atoms with Crippen LogP contribution >= 0.6 is 15.9 Å². The Morgan fingerprint density at radius 1 is 1.03 bits per heavy atom. The zero-order valence-corrected chi connectivity index (χ0v) is 24.0. The molecule has 1 N–H and O–H groups in total. The van der Waals surface area contributed by atoms with Gasteiger partial charge in [-0.25, -0.2) is 4.79 Å². The zero-order chi connectivity index (χ0) is 26.8. The van der Waals surface area contributed by atoms with Crippen LogP contribution in [0.15, 0.2) is 71.3 Å². The number of carbonyl (C=O) groups is 2. The number of benzene rings is 2. The maximum absolute atomic E-state index is 13.6. The summed E-state index contributed by atoms with van der Waals surface area (Å²) in [6.07, 6.45) is 3.96. The van der Waals surface area contributed by atoms with Gasteiger partial charge in [-0.1, -0.05) is 67.4 Å². The van der Waals surface area contributed by atoms with Crippen LogP contribution in [-0.2, 0) is 17.9 Å². The molecule has 0 aliphatic rings. The predicted molar refractivity (Wildman–Crippen MR) is 155 cm³/mol. The fourth-order valence-electron chi connectivity index (χ4n) is 4.22. The molecule has 0 bridgehead atoms. The number of carbonyl (C=O) groups excluding carboxylic acids is 2. The van der Waals surface area contributed by atoms with E-state index in [9.17, 15) is 9.59 Å². The summed E-state index contributed by atoms with van der Waals surface area (Å²) in [6, 6.07) is 19.8. The molecule has 1 aromatic heterocycles. The number of hydrogen-bond donors (Lipinski definition) is 1. The standard InChI is InChI=1S/C30H39BrN4O2/c1-5-6-16-34(21-28-11-8-17-33(28)20-25-12-14-26(31)15-13-25)29(36)22-35(19-23(2)3)30(37)32-27-10-7-9-24(4)18-27/h7-15,17-18,23H,5-6,16,19-22H2,1-4H3,(H,32,37). The van der Waals surface area contributed by atoms with Crippen molar-refractivity contribution in [2.24, 2.45) is 5.92 Å². The molecule has 0 aliphatic heterocycles. The fraction of sp³-hybridized carbons (Fsp3) is 0.400. The predicted octanol–water partition coefficient (Wildman–Crippen LogP) is 6.93. The highest BCUT2D eigenvalue weighted by molar-refractivity contribution is 9.10. The lowest BCUT2D eigenvalue weighted by Gasteiger charge is -2.29. The van der Waals surface area contributed by atoms with Crippen molar-refractivity contribution in [1.82, 2.24) is 14.4 Å². The molecule has 7 heteroatoms. The molecular weight excluding hydrogens is 528 g/mol. The molecule has 0 atom stereocenters. The molecule has 3 rings (SSSR count). The molecule has 0 unspecified atom stereocenters. The molecule has 3 aromatic rings. The van der Waals surface area contributed by atoms with Crippen LogP contribution in [0.5, 0.6) is 0 Å². The Labute approximate surface area is 229 Å². The summed E-state index contributed by atoms with van der Waals surface area (Å²) in [5, 5.41) is 2.97. The Hall–Kier alpha value is -3.06. The molecule has 3 amide bonds. The average molecular weight is 568 g/mol. The third kappa shape index (κ3) is 9.08. The van der Waals surface area contributed by atoms with Crippen molar-refractivity contribution in [2.45, 2.75) is 53.6 Å². The number of urea groups is 1. The number of nitrogens with one attached hydrogen (secondary N) is 1. The van der Waals surface area contributed by atoms with Gasteiger partial charge in [0.1, 0.15) is 6.54 Å². The lowest BCUT2D eigenvalue weighted by molar-refractivity contribution is -0.132. The molecule has 0 saturated heterocycles. The molecule has 198 valence electrons. The molecular formula is C30H39BrN4O2. The largest absolute Gasteiger partial charge is 0.345 e. The van der Waals surface area contributed by atoms with Crippen molar-refractivity contribution in [1.29, 1.82) is 0 Å². The Morgan fingerprint density at radius 2 is 1.78 bits per heavy atom. The summed E-state index contributed by atoms with van der Waals surface area (Å²) in [6.45, 7) is 10.7. The van der Waals surface area contributed by atoms with E-state index in [1.165, 1.54) is 5.56 Å². The lowest BCUT2D eigenvalue weighted by Crippen LogP contribution is -2.46. The van der Waals surface area contributed by atoms with Gasteiger partial charge in [0.2, 0.25) is 5.91 Å². The molecule has 0 fully saturated rings. The summed E-state index contributed by atoms with van der Waals surface area (Å²) in [5.41, 5.74) is 4.08. The number of nitrogens with zero attached hydrogens (tertiary/aromatic N) is 3. The second-order valence-corrected chi connectivity index (χ2v) is 10.9. The third-order valence-corrected chi connectivity index (χ3v) is 6.67. The van der Waals surface area contributed by atoms with E-state index in [0.29, 0.717) is 19.6 Å². The van der Waals surface area contributed by atoms with Crippen molar-refractivity contribution in [3.05, 3.63) is 88.2 Å². The Kier molecular flexibility index (Phi) is 10.8. The first-order valence-corrected chi connectivity index (χ1v) is 13.8. The monoisotopic (exact) mass is 566 g/mol. The molecule has 37 heavy (non-hydrogen) atoms. The smallest absolute Gasteiger partial charge is 0.322 e. The summed E-state index contributed by atoms with van der Waals surface area (Å²) in [4.78, 5) is 30.3. The Morgan fingerprint density at radius 3 is 2.46 bits per heavy atom. The number of aromatic nitrogens is 1. The number of rotatable bonds is 12. The van der Waals surface area contributed by atoms with E-state index in [4.69, 9.17) is 0 Å². The number of unbranched alkanes of at least 4 members (excludes halogenated alkanes) is 1. The third-order valence-electron chi connectivity index (χ3n) is 6.15. The van der Waals surface area contributed by atoms with Crippen molar-refractivity contribution in [3.8, 4) is 0 Å². The van der Waals surface area contributed by atoms with E-state index < -0.39 is 0 Å². The highest BCUT2D eigenvalue weighted by atomic mass is 79.9. The molecule has 6 nitrogen and oxygen atoms in total. The quantitative estimate of drug-likeness (QED) is 0.258. The maximum Gasteiger partial charge on any atom is 0.322 e. The van der Waals surface area contributed by atoms with Crippen LogP contribution in [-0.4, -0.2) is 45.9 Å². The molecule has 0 radical (unpaired) electrons. The van der Waals surface area contributed by atoms with Crippen LogP contribution in [0.25, 0.3) is 0 Å². The Balaban J connectivity index is 1.73. The highest BCUT2D eigenvalue weighted by Crippen LogP contribution is 2.16. The van der Waals surface area contributed by atoms with Gasteiger partial charge in [0, 0.05) is 41.7 Å². The summed E-state index contributed by atoms with van der Waals surface area (Å²) in [5.74, 6) is 0.202. The van der Waals surface area contributed by atoms with Crippen LogP contribution in [0.1, 0.15) is 50.4 Å². The normalized spacial score (nSPS) is 11.0.